The monoisotopic (exact) mass is 192 g/mol. The van der Waals surface area contributed by atoms with E-state index in [9.17, 15) is 17.6 Å². The second kappa shape index (κ2) is 1.79. The molecule has 13 heavy (non-hydrogen) atoms. The first-order chi connectivity index (χ1) is 5.96. The summed E-state index contributed by atoms with van der Waals surface area (Å²) in [6.45, 7) is 0. The fourth-order valence-corrected chi connectivity index (χ4v) is 3.16. The van der Waals surface area contributed by atoms with Crippen molar-refractivity contribution in [2.24, 2.45) is 23.7 Å². The van der Waals surface area contributed by atoms with Crippen molar-refractivity contribution in [1.82, 2.24) is 0 Å². The lowest BCUT2D eigenvalue weighted by Crippen LogP contribution is -2.67. The molecule has 3 aliphatic rings. The standard InChI is InChI=1S/C9H8F4/c10-8(11)6-4-1-2-5(3-4)7(6)9(8,12)13/h1-2,4-7H,3H2/t4-,5+,6-,7-/m0/s1. The van der Waals surface area contributed by atoms with Gasteiger partial charge in [-0.3, -0.25) is 0 Å². The van der Waals surface area contributed by atoms with Crippen LogP contribution in [0.1, 0.15) is 6.42 Å². The van der Waals surface area contributed by atoms with Gasteiger partial charge >= 0.3 is 11.8 Å². The van der Waals surface area contributed by atoms with Crippen LogP contribution in [0.25, 0.3) is 0 Å². The van der Waals surface area contributed by atoms with Gasteiger partial charge in [0.2, 0.25) is 0 Å². The van der Waals surface area contributed by atoms with Crippen molar-refractivity contribution < 1.29 is 17.6 Å². The van der Waals surface area contributed by atoms with Gasteiger partial charge < -0.3 is 0 Å². The molecule has 0 radical (unpaired) electrons. The van der Waals surface area contributed by atoms with E-state index in [1.807, 2.05) is 0 Å². The lowest BCUT2D eigenvalue weighted by molar-refractivity contribution is -0.355. The van der Waals surface area contributed by atoms with Gasteiger partial charge in [-0.25, -0.2) is 0 Å². The maximum atomic E-state index is 12.9. The number of rotatable bonds is 0. The first kappa shape index (κ1) is 7.83. The number of hydrogen-bond donors (Lipinski definition) is 0. The van der Waals surface area contributed by atoms with E-state index in [4.69, 9.17) is 0 Å². The Hall–Kier alpha value is -0.540. The molecule has 0 nitrogen and oxygen atoms in total. The Balaban J connectivity index is 2.04. The molecular weight excluding hydrogens is 184 g/mol. The van der Waals surface area contributed by atoms with Gasteiger partial charge in [-0.05, 0) is 18.3 Å². The van der Waals surface area contributed by atoms with E-state index in [-0.39, 0.29) is 11.8 Å². The Bertz CT molecular complexity index is 266. The van der Waals surface area contributed by atoms with Crippen molar-refractivity contribution in [2.75, 3.05) is 0 Å². The van der Waals surface area contributed by atoms with E-state index in [0.29, 0.717) is 6.42 Å². The Labute approximate surface area is 72.6 Å². The Morgan fingerprint density at radius 1 is 0.846 bits per heavy atom. The van der Waals surface area contributed by atoms with Crippen LogP contribution in [0.4, 0.5) is 17.6 Å². The topological polar surface area (TPSA) is 0 Å². The van der Waals surface area contributed by atoms with Gasteiger partial charge in [-0.15, -0.1) is 0 Å². The molecule has 72 valence electrons. The van der Waals surface area contributed by atoms with Crippen molar-refractivity contribution in [3.05, 3.63) is 12.2 Å². The van der Waals surface area contributed by atoms with Gasteiger partial charge in [0.05, 0.1) is 0 Å². The summed E-state index contributed by atoms with van der Waals surface area (Å²) in [4.78, 5) is 0. The lowest BCUT2D eigenvalue weighted by atomic mass is 9.61. The number of alkyl halides is 4. The maximum Gasteiger partial charge on any atom is 0.314 e. The SMILES string of the molecule is FC1(F)[C@@H]2[C@H]([C@H]3C=C[C@@H]2C3)C1(F)F. The summed E-state index contributed by atoms with van der Waals surface area (Å²) >= 11 is 0. The van der Waals surface area contributed by atoms with Gasteiger partial charge in [0, 0.05) is 11.8 Å². The molecule has 0 aromatic rings. The fourth-order valence-electron chi connectivity index (χ4n) is 3.16. The van der Waals surface area contributed by atoms with E-state index in [0.717, 1.165) is 0 Å². The summed E-state index contributed by atoms with van der Waals surface area (Å²) in [7, 11) is 0. The number of halogens is 4. The lowest BCUT2D eigenvalue weighted by Gasteiger charge is -2.51. The fraction of sp³-hybridized carbons (Fsp3) is 0.778. The molecule has 0 spiro atoms. The van der Waals surface area contributed by atoms with Crippen LogP contribution in [0.5, 0.6) is 0 Å². The molecule has 3 rings (SSSR count). The molecule has 0 unspecified atom stereocenters. The van der Waals surface area contributed by atoms with Crippen LogP contribution in [-0.2, 0) is 0 Å². The zero-order chi connectivity index (χ0) is 9.43. The summed E-state index contributed by atoms with van der Waals surface area (Å²) in [5.74, 6) is -10.3. The molecule has 4 atom stereocenters. The second-order valence-electron chi connectivity index (χ2n) is 4.25. The summed E-state index contributed by atoms with van der Waals surface area (Å²) in [5, 5.41) is 0. The van der Waals surface area contributed by atoms with E-state index < -0.39 is 23.7 Å². The molecule has 0 amide bonds. The highest BCUT2D eigenvalue weighted by Gasteiger charge is 2.83. The summed E-state index contributed by atoms with van der Waals surface area (Å²) in [6.07, 6.45) is 3.85. The highest BCUT2D eigenvalue weighted by molar-refractivity contribution is 5.27. The van der Waals surface area contributed by atoms with Gasteiger partial charge in [0.15, 0.2) is 0 Å². The highest BCUT2D eigenvalue weighted by atomic mass is 19.3. The zero-order valence-corrected chi connectivity index (χ0v) is 6.68. The molecular formula is C9H8F4. The van der Waals surface area contributed by atoms with Crippen LogP contribution >= 0.6 is 0 Å². The Morgan fingerprint density at radius 2 is 1.23 bits per heavy atom. The third kappa shape index (κ3) is 0.597. The molecule has 4 heteroatoms. The second-order valence-corrected chi connectivity index (χ2v) is 4.25. The summed E-state index contributed by atoms with van der Waals surface area (Å²) in [5.41, 5.74) is 0. The predicted octanol–water partition coefficient (Wildman–Crippen LogP) is 2.71. The van der Waals surface area contributed by atoms with Crippen molar-refractivity contribution in [3.63, 3.8) is 0 Å². The normalized spacial score (nSPS) is 53.2. The predicted molar refractivity (Wildman–Crippen MR) is 37.6 cm³/mol. The maximum absolute atomic E-state index is 12.9. The number of hydrogen-bond acceptors (Lipinski definition) is 0. The third-order valence-corrected chi connectivity index (χ3v) is 3.74. The highest BCUT2D eigenvalue weighted by Crippen LogP contribution is 2.71. The Morgan fingerprint density at radius 3 is 1.62 bits per heavy atom. The summed E-state index contributed by atoms with van der Waals surface area (Å²) < 4.78 is 51.8. The van der Waals surface area contributed by atoms with Crippen LogP contribution in [0, 0.1) is 23.7 Å². The molecule has 0 saturated heterocycles. The van der Waals surface area contributed by atoms with Crippen LogP contribution in [0.2, 0.25) is 0 Å². The first-order valence-electron chi connectivity index (χ1n) is 4.40. The molecule has 3 aliphatic carbocycles. The first-order valence-corrected chi connectivity index (χ1v) is 4.40. The summed E-state index contributed by atoms with van der Waals surface area (Å²) in [6, 6.07) is 0. The zero-order valence-electron chi connectivity index (χ0n) is 6.68. The van der Waals surface area contributed by atoms with Crippen molar-refractivity contribution >= 4 is 0 Å². The Kier molecular flexibility index (Phi) is 1.08. The quantitative estimate of drug-likeness (QED) is 0.409. The van der Waals surface area contributed by atoms with E-state index in [2.05, 4.69) is 0 Å². The average Bonchev–Trinajstić information content (AvgIpc) is 2.60. The number of allylic oxidation sites excluding steroid dienone is 2. The molecule has 0 heterocycles. The third-order valence-electron chi connectivity index (χ3n) is 3.74. The van der Waals surface area contributed by atoms with Gasteiger partial charge in [-0.1, -0.05) is 12.2 Å². The van der Waals surface area contributed by atoms with Gasteiger partial charge in [0.25, 0.3) is 0 Å². The van der Waals surface area contributed by atoms with Crippen molar-refractivity contribution in [1.29, 1.82) is 0 Å². The van der Waals surface area contributed by atoms with E-state index in [1.165, 1.54) is 0 Å². The van der Waals surface area contributed by atoms with E-state index in [1.54, 1.807) is 12.2 Å². The van der Waals surface area contributed by atoms with Crippen molar-refractivity contribution in [2.45, 2.75) is 18.3 Å². The molecule has 0 aliphatic heterocycles. The molecule has 2 fully saturated rings. The molecule has 0 aromatic carbocycles. The molecule has 2 saturated carbocycles. The van der Waals surface area contributed by atoms with Crippen LogP contribution in [-0.4, -0.2) is 11.8 Å². The molecule has 0 N–H and O–H groups in total. The largest absolute Gasteiger partial charge is 0.314 e. The van der Waals surface area contributed by atoms with Crippen LogP contribution < -0.4 is 0 Å². The van der Waals surface area contributed by atoms with Crippen LogP contribution in [0.15, 0.2) is 12.2 Å². The van der Waals surface area contributed by atoms with Crippen molar-refractivity contribution in [3.8, 4) is 0 Å². The minimum Gasteiger partial charge on any atom is -0.200 e. The molecule has 2 bridgehead atoms. The van der Waals surface area contributed by atoms with Crippen LogP contribution in [0.3, 0.4) is 0 Å². The molecule has 0 aromatic heterocycles. The average molecular weight is 192 g/mol. The van der Waals surface area contributed by atoms with Gasteiger partial charge in [0.1, 0.15) is 0 Å². The number of fused-ring (bicyclic) bond motifs is 5. The minimum absolute atomic E-state index is 0.301. The van der Waals surface area contributed by atoms with E-state index >= 15 is 0 Å². The van der Waals surface area contributed by atoms with Gasteiger partial charge in [-0.2, -0.15) is 17.6 Å². The minimum atomic E-state index is -3.76. The smallest absolute Gasteiger partial charge is 0.200 e.